The zero-order valence-electron chi connectivity index (χ0n) is 15.7. The Bertz CT molecular complexity index is 510. The number of sulfone groups is 1. The maximum Gasteiger partial charge on any atom is 2.00 e. The number of benzene rings is 1. The number of rotatable bonds is 9. The van der Waals surface area contributed by atoms with E-state index in [-0.39, 0.29) is 19.5 Å². The minimum absolute atomic E-state index is 0. The Morgan fingerprint density at radius 1 is 0.958 bits per heavy atom. The molecule has 0 N–H and O–H groups in total. The van der Waals surface area contributed by atoms with E-state index >= 15 is 0 Å². The van der Waals surface area contributed by atoms with Crippen molar-refractivity contribution in [3.05, 3.63) is 48.2 Å². The van der Waals surface area contributed by atoms with Crippen molar-refractivity contribution in [3.8, 4) is 0 Å². The van der Waals surface area contributed by atoms with Crippen molar-refractivity contribution in [1.29, 1.82) is 0 Å². The molecule has 0 unspecified atom stereocenters. The van der Waals surface area contributed by atoms with Crippen LogP contribution in [-0.2, 0) is 29.3 Å². The zero-order chi connectivity index (χ0) is 17.6. The van der Waals surface area contributed by atoms with Gasteiger partial charge in [-0.1, -0.05) is 83.9 Å². The Hall–Kier alpha value is -0.467. The van der Waals surface area contributed by atoms with E-state index in [2.05, 4.69) is 33.1 Å². The molecule has 0 heterocycles. The van der Waals surface area contributed by atoms with Gasteiger partial charge in [0.05, 0.1) is 0 Å². The van der Waals surface area contributed by atoms with Crippen LogP contribution in [0.5, 0.6) is 0 Å². The van der Waals surface area contributed by atoms with E-state index in [0.29, 0.717) is 4.90 Å². The molecule has 1 aromatic rings. The van der Waals surface area contributed by atoms with Crippen LogP contribution in [0.3, 0.4) is 0 Å². The second kappa shape index (κ2) is 16.0. The number of unbranched alkanes of at least 4 members (excludes halogenated alkanes) is 3. The van der Waals surface area contributed by atoms with E-state index in [9.17, 15) is 8.42 Å². The molecule has 1 aromatic carbocycles. The molecule has 0 radical (unpaired) electrons. The van der Waals surface area contributed by atoms with Crippen LogP contribution in [0.2, 0.25) is 0 Å². The van der Waals surface area contributed by atoms with Crippen LogP contribution in [0.15, 0.2) is 40.8 Å². The molecule has 0 fully saturated rings. The second-order valence-electron chi connectivity index (χ2n) is 5.58. The molecule has 0 aromatic heterocycles. The monoisotopic (exact) mass is 400 g/mol. The molecule has 0 aliphatic rings. The molecule has 0 atom stereocenters. The van der Waals surface area contributed by atoms with Crippen molar-refractivity contribution < 1.29 is 27.9 Å². The van der Waals surface area contributed by atoms with Crippen LogP contribution in [0.25, 0.3) is 0 Å². The largest absolute Gasteiger partial charge is 2.00 e. The molecule has 0 saturated heterocycles. The fraction of sp³-hybridized carbons (Fsp3) is 0.550. The van der Waals surface area contributed by atoms with Gasteiger partial charge in [0, 0.05) is 14.7 Å². The third kappa shape index (κ3) is 12.0. The van der Waals surface area contributed by atoms with Gasteiger partial charge in [-0.15, -0.1) is 0 Å². The van der Waals surface area contributed by atoms with Gasteiger partial charge in [-0.25, -0.2) is 5.57 Å². The normalized spacial score (nSPS) is 10.2. The molecule has 0 bridgehead atoms. The first-order valence-corrected chi connectivity index (χ1v) is 10.2. The predicted molar refractivity (Wildman–Crippen MR) is 99.7 cm³/mol. The van der Waals surface area contributed by atoms with Crippen molar-refractivity contribution in [2.24, 2.45) is 0 Å². The first-order valence-electron chi connectivity index (χ1n) is 8.73. The Kier molecular flexibility index (Phi) is 17.2. The quantitative estimate of drug-likeness (QED) is 0.367. The van der Waals surface area contributed by atoms with Crippen LogP contribution in [0.1, 0.15) is 72.1 Å². The fourth-order valence-electron chi connectivity index (χ4n) is 1.86. The van der Waals surface area contributed by atoms with Crippen LogP contribution in [0, 0.1) is 12.3 Å². The van der Waals surface area contributed by atoms with E-state index in [1.807, 2.05) is 6.07 Å². The molecule has 1 rings (SSSR count). The van der Waals surface area contributed by atoms with Crippen LogP contribution in [-0.4, -0.2) is 8.42 Å². The fourth-order valence-corrected chi connectivity index (χ4v) is 3.07. The summed E-state index contributed by atoms with van der Waals surface area (Å²) in [6, 6.07) is 8.55. The zero-order valence-corrected chi connectivity index (χ0v) is 19.5. The summed E-state index contributed by atoms with van der Waals surface area (Å²) in [5.41, 5.74) is 0.938. The van der Waals surface area contributed by atoms with Crippen LogP contribution < -0.4 is 0 Å². The van der Waals surface area contributed by atoms with Gasteiger partial charge in [0.2, 0.25) is 0 Å². The average Bonchev–Trinajstić information content (AvgIpc) is 2.58. The van der Waals surface area contributed by atoms with E-state index in [4.69, 9.17) is 0 Å². The predicted octanol–water partition coefficient (Wildman–Crippen LogP) is 6.15. The van der Waals surface area contributed by atoms with E-state index in [0.717, 1.165) is 50.5 Å². The average molecular weight is 402 g/mol. The van der Waals surface area contributed by atoms with Crippen molar-refractivity contribution in [2.75, 3.05) is 0 Å². The standard InChI is InChI=1S/C16H23O2S.C4H9.Zn/c1-3-5-10-15(11-6-4-2)14-19(17,18)16-12-8-7-9-13-16;1-3-4-2;/h7-9,12-13H,3-6,10-11H2,1-2H3;1,3-4H2,2H3;/q2*-1;+2. The first kappa shape index (κ1) is 25.8. The molecule has 0 aliphatic heterocycles. The molecule has 0 amide bonds. The summed E-state index contributed by atoms with van der Waals surface area (Å²) in [6.45, 7) is 9.95. The van der Waals surface area contributed by atoms with Gasteiger partial charge < -0.3 is 12.3 Å². The minimum Gasteiger partial charge on any atom is -0.360 e. The Morgan fingerprint density at radius 3 is 1.79 bits per heavy atom. The van der Waals surface area contributed by atoms with Gasteiger partial charge in [0.25, 0.3) is 0 Å². The molecule has 24 heavy (non-hydrogen) atoms. The summed E-state index contributed by atoms with van der Waals surface area (Å²) >= 11 is 0. The minimum atomic E-state index is -3.41. The Balaban J connectivity index is 0. The summed E-state index contributed by atoms with van der Waals surface area (Å²) in [5, 5.41) is 2.77. The van der Waals surface area contributed by atoms with Crippen LogP contribution in [0.4, 0.5) is 0 Å². The van der Waals surface area contributed by atoms with E-state index in [1.54, 1.807) is 24.3 Å². The van der Waals surface area contributed by atoms with Crippen molar-refractivity contribution >= 4 is 9.84 Å². The maximum absolute atomic E-state index is 12.2. The van der Waals surface area contributed by atoms with Gasteiger partial charge in [0.1, 0.15) is 0 Å². The van der Waals surface area contributed by atoms with Gasteiger partial charge >= 0.3 is 19.5 Å². The molecule has 0 aliphatic carbocycles. The first-order chi connectivity index (χ1) is 11.0. The summed E-state index contributed by atoms with van der Waals surface area (Å²) in [5.74, 6) is 0. The number of hydrogen-bond donors (Lipinski definition) is 0. The van der Waals surface area contributed by atoms with Gasteiger partial charge in [-0.2, -0.15) is 6.42 Å². The van der Waals surface area contributed by atoms with Crippen LogP contribution >= 0.6 is 0 Å². The smallest absolute Gasteiger partial charge is 0.360 e. The summed E-state index contributed by atoms with van der Waals surface area (Å²) in [7, 11) is -3.41. The second-order valence-corrected chi connectivity index (χ2v) is 7.27. The van der Waals surface area contributed by atoms with Crippen molar-refractivity contribution in [2.45, 2.75) is 77.0 Å². The molecular formula is C20H32O2SZn. The topological polar surface area (TPSA) is 34.1 Å². The SMILES string of the molecule is CCCCC(=[C-]S(=O)(=O)c1ccccc1)CCCC.[CH2-]CCC.[Zn+2]. The van der Waals surface area contributed by atoms with Gasteiger partial charge in [0.15, 0.2) is 0 Å². The third-order valence-electron chi connectivity index (χ3n) is 3.35. The molecule has 4 heteroatoms. The third-order valence-corrected chi connectivity index (χ3v) is 4.80. The molecule has 0 saturated carbocycles. The van der Waals surface area contributed by atoms with Crippen molar-refractivity contribution in [3.63, 3.8) is 0 Å². The van der Waals surface area contributed by atoms with E-state index < -0.39 is 9.84 Å². The maximum atomic E-state index is 12.2. The van der Waals surface area contributed by atoms with E-state index in [1.165, 1.54) is 6.42 Å². The van der Waals surface area contributed by atoms with Gasteiger partial charge in [-0.3, -0.25) is 8.42 Å². The summed E-state index contributed by atoms with van der Waals surface area (Å²) < 4.78 is 24.5. The molecular weight excluding hydrogens is 370 g/mol. The molecule has 0 spiro atoms. The Morgan fingerprint density at radius 2 is 1.42 bits per heavy atom. The Labute approximate surface area is 162 Å². The summed E-state index contributed by atoms with van der Waals surface area (Å²) in [4.78, 5) is 0.334. The molecule has 2 nitrogen and oxygen atoms in total. The number of hydrogen-bond acceptors (Lipinski definition) is 2. The molecule has 132 valence electrons. The number of allylic oxidation sites excluding steroid dienone is 1. The summed E-state index contributed by atoms with van der Waals surface area (Å²) in [6.07, 6.45) is 8.14. The van der Waals surface area contributed by atoms with Crippen molar-refractivity contribution in [1.82, 2.24) is 0 Å². The van der Waals surface area contributed by atoms with Gasteiger partial charge in [-0.05, 0) is 12.1 Å².